The van der Waals surface area contributed by atoms with Gasteiger partial charge in [0.15, 0.2) is 17.5 Å². The highest BCUT2D eigenvalue weighted by Gasteiger charge is 2.20. The van der Waals surface area contributed by atoms with Crippen molar-refractivity contribution in [3.63, 3.8) is 0 Å². The van der Waals surface area contributed by atoms with E-state index in [9.17, 15) is 0 Å². The molecule has 0 radical (unpaired) electrons. The van der Waals surface area contributed by atoms with Gasteiger partial charge >= 0.3 is 0 Å². The highest BCUT2D eigenvalue weighted by molar-refractivity contribution is 6.19. The van der Waals surface area contributed by atoms with E-state index < -0.39 is 0 Å². The van der Waals surface area contributed by atoms with E-state index in [0.29, 0.717) is 17.5 Å². The van der Waals surface area contributed by atoms with Gasteiger partial charge in [0.1, 0.15) is 22.3 Å². The standard InChI is InChI=1S/C54H32N4O2/c1-3-13-34(14-4-1)52-56-53(35-15-5-2-6-16-35)58-54(57-52)36-27-25-33(26-28-36)49-48-44-20-8-10-24-47(44)60-51(48)43-30-29-38(32-45(43)55-49)37-17-11-18-39(31-37)40-21-12-22-42-41-19-7-9-23-46(41)59-50(40)42/h1-32H. The normalized spacial score (nSPS) is 11.7. The van der Waals surface area contributed by atoms with Gasteiger partial charge in [-0.15, -0.1) is 0 Å². The van der Waals surface area contributed by atoms with Crippen LogP contribution in [0, 0.1) is 0 Å². The number of rotatable bonds is 6. The van der Waals surface area contributed by atoms with Crippen LogP contribution in [-0.4, -0.2) is 19.9 Å². The van der Waals surface area contributed by atoms with Crippen LogP contribution in [0.5, 0.6) is 0 Å². The lowest BCUT2D eigenvalue weighted by Crippen LogP contribution is -2.00. The average Bonchev–Trinajstić information content (AvgIpc) is 3.91. The van der Waals surface area contributed by atoms with Crippen LogP contribution >= 0.6 is 0 Å². The van der Waals surface area contributed by atoms with Gasteiger partial charge in [0.05, 0.1) is 16.6 Å². The number of hydrogen-bond acceptors (Lipinski definition) is 6. The van der Waals surface area contributed by atoms with Crippen LogP contribution in [0.1, 0.15) is 0 Å². The first-order valence-electron chi connectivity index (χ1n) is 20.0. The first-order valence-corrected chi connectivity index (χ1v) is 20.0. The summed E-state index contributed by atoms with van der Waals surface area (Å²) in [6.45, 7) is 0. The second kappa shape index (κ2) is 13.7. The molecule has 6 nitrogen and oxygen atoms in total. The average molecular weight is 769 g/mol. The number of nitrogens with zero attached hydrogens (tertiary/aromatic N) is 4. The van der Waals surface area contributed by atoms with Crippen LogP contribution in [0.15, 0.2) is 203 Å². The fourth-order valence-electron chi connectivity index (χ4n) is 8.41. The topological polar surface area (TPSA) is 77.8 Å². The summed E-state index contributed by atoms with van der Waals surface area (Å²) in [5.74, 6) is 1.85. The van der Waals surface area contributed by atoms with Crippen LogP contribution < -0.4 is 0 Å². The highest BCUT2D eigenvalue weighted by Crippen LogP contribution is 2.42. The van der Waals surface area contributed by atoms with E-state index in [-0.39, 0.29) is 0 Å². The molecule has 0 bridgehead atoms. The second-order valence-corrected chi connectivity index (χ2v) is 15.0. The molecule has 8 aromatic carbocycles. The van der Waals surface area contributed by atoms with E-state index in [1.165, 1.54) is 0 Å². The van der Waals surface area contributed by atoms with Gasteiger partial charge in [0.25, 0.3) is 0 Å². The van der Waals surface area contributed by atoms with Gasteiger partial charge in [-0.3, -0.25) is 0 Å². The minimum absolute atomic E-state index is 0.600. The Bertz CT molecular complexity index is 3540. The summed E-state index contributed by atoms with van der Waals surface area (Å²) < 4.78 is 13.1. The monoisotopic (exact) mass is 768 g/mol. The summed E-state index contributed by atoms with van der Waals surface area (Å²) >= 11 is 0. The zero-order chi connectivity index (χ0) is 39.6. The minimum Gasteiger partial charge on any atom is -0.455 e. The number of benzene rings is 8. The van der Waals surface area contributed by atoms with Crippen molar-refractivity contribution in [1.29, 1.82) is 0 Å². The third kappa shape index (κ3) is 5.65. The van der Waals surface area contributed by atoms with Gasteiger partial charge in [-0.1, -0.05) is 164 Å². The van der Waals surface area contributed by atoms with E-state index >= 15 is 0 Å². The molecule has 0 saturated carbocycles. The Morgan fingerprint density at radius 1 is 0.300 bits per heavy atom. The van der Waals surface area contributed by atoms with Crippen molar-refractivity contribution in [1.82, 2.24) is 19.9 Å². The summed E-state index contributed by atoms with van der Waals surface area (Å²) in [7, 11) is 0. The van der Waals surface area contributed by atoms with Crippen LogP contribution in [0.3, 0.4) is 0 Å². The first-order chi connectivity index (χ1) is 29.7. The van der Waals surface area contributed by atoms with Gasteiger partial charge in [-0.2, -0.15) is 0 Å². The van der Waals surface area contributed by atoms with Crippen molar-refractivity contribution >= 4 is 54.8 Å². The largest absolute Gasteiger partial charge is 0.455 e. The Balaban J connectivity index is 0.978. The molecule has 4 heterocycles. The van der Waals surface area contributed by atoms with Crippen LogP contribution in [0.4, 0.5) is 0 Å². The number of hydrogen-bond donors (Lipinski definition) is 0. The molecule has 0 fully saturated rings. The lowest BCUT2D eigenvalue weighted by Gasteiger charge is -2.11. The number of pyridine rings is 1. The molecule has 0 aliphatic carbocycles. The van der Waals surface area contributed by atoms with Crippen molar-refractivity contribution < 1.29 is 8.83 Å². The molecule has 6 heteroatoms. The SMILES string of the molecule is c1ccc(-c2nc(-c3ccccc3)nc(-c3ccc(-c4nc5cc(-c6cccc(-c7cccc8c7oc7ccccc78)c6)ccc5c5oc6ccccc6c45)cc3)n2)cc1. The molecule has 0 atom stereocenters. The molecule has 0 unspecified atom stereocenters. The zero-order valence-corrected chi connectivity index (χ0v) is 32.1. The molecule has 12 aromatic rings. The maximum atomic E-state index is 6.64. The maximum absolute atomic E-state index is 6.64. The maximum Gasteiger partial charge on any atom is 0.164 e. The molecule has 12 rings (SSSR count). The Labute approximate surface area is 344 Å². The molecule has 280 valence electrons. The quantitative estimate of drug-likeness (QED) is 0.168. The van der Waals surface area contributed by atoms with Crippen LogP contribution in [-0.2, 0) is 0 Å². The summed E-state index contributed by atoms with van der Waals surface area (Å²) in [5, 5.41) is 5.20. The van der Waals surface area contributed by atoms with Crippen molar-refractivity contribution in [3.8, 4) is 67.7 Å². The first kappa shape index (κ1) is 33.9. The summed E-state index contributed by atoms with van der Waals surface area (Å²) in [4.78, 5) is 20.2. The Kier molecular flexibility index (Phi) is 7.74. The molecule has 0 aliphatic heterocycles. The molecule has 0 amide bonds. The summed E-state index contributed by atoms with van der Waals surface area (Å²) in [5.41, 5.74) is 13.1. The number of para-hydroxylation sites is 3. The number of aromatic nitrogens is 4. The number of furan rings is 2. The lowest BCUT2D eigenvalue weighted by atomic mass is 9.96. The van der Waals surface area contributed by atoms with Crippen molar-refractivity contribution in [3.05, 3.63) is 194 Å². The van der Waals surface area contributed by atoms with Crippen molar-refractivity contribution in [2.45, 2.75) is 0 Å². The summed E-state index contributed by atoms with van der Waals surface area (Å²) in [6, 6.07) is 66.3. The van der Waals surface area contributed by atoms with Gasteiger partial charge in [-0.05, 0) is 47.0 Å². The fourth-order valence-corrected chi connectivity index (χ4v) is 8.41. The van der Waals surface area contributed by atoms with E-state index in [0.717, 1.165) is 105 Å². The molecular formula is C54H32N4O2. The third-order valence-corrected chi connectivity index (χ3v) is 11.3. The van der Waals surface area contributed by atoms with E-state index in [2.05, 4.69) is 103 Å². The second-order valence-electron chi connectivity index (χ2n) is 15.0. The Hall–Kier alpha value is -8.22. The van der Waals surface area contributed by atoms with E-state index in [1.807, 2.05) is 91.0 Å². The lowest BCUT2D eigenvalue weighted by molar-refractivity contribution is 0.670. The molecule has 0 aliphatic rings. The predicted octanol–water partition coefficient (Wildman–Crippen LogP) is 14.2. The zero-order valence-electron chi connectivity index (χ0n) is 32.1. The van der Waals surface area contributed by atoms with Crippen LogP contribution in [0.2, 0.25) is 0 Å². The predicted molar refractivity (Wildman–Crippen MR) is 242 cm³/mol. The molecular weight excluding hydrogens is 737 g/mol. The van der Waals surface area contributed by atoms with Crippen molar-refractivity contribution in [2.75, 3.05) is 0 Å². The van der Waals surface area contributed by atoms with E-state index in [4.69, 9.17) is 28.8 Å². The molecule has 0 N–H and O–H groups in total. The molecule has 4 aromatic heterocycles. The van der Waals surface area contributed by atoms with Gasteiger partial charge in [-0.25, -0.2) is 19.9 Å². The fraction of sp³-hybridized carbons (Fsp3) is 0. The Morgan fingerprint density at radius 2 is 0.800 bits per heavy atom. The molecule has 60 heavy (non-hydrogen) atoms. The molecule has 0 spiro atoms. The number of fused-ring (bicyclic) bond motifs is 8. The van der Waals surface area contributed by atoms with E-state index in [1.54, 1.807) is 0 Å². The van der Waals surface area contributed by atoms with Crippen molar-refractivity contribution in [2.24, 2.45) is 0 Å². The third-order valence-electron chi connectivity index (χ3n) is 11.3. The van der Waals surface area contributed by atoms with Gasteiger partial charge < -0.3 is 8.83 Å². The highest BCUT2D eigenvalue weighted by atomic mass is 16.3. The smallest absolute Gasteiger partial charge is 0.164 e. The minimum atomic E-state index is 0.600. The van der Waals surface area contributed by atoms with Crippen LogP contribution in [0.25, 0.3) is 122 Å². The van der Waals surface area contributed by atoms with Gasteiger partial charge in [0, 0.05) is 49.4 Å². The Morgan fingerprint density at radius 3 is 1.52 bits per heavy atom. The van der Waals surface area contributed by atoms with Gasteiger partial charge in [0.2, 0.25) is 0 Å². The summed E-state index contributed by atoms with van der Waals surface area (Å²) in [6.07, 6.45) is 0. The molecule has 0 saturated heterocycles.